The molecule has 1 aliphatic rings. The molecule has 1 amide bonds. The first-order chi connectivity index (χ1) is 15.5. The topological polar surface area (TPSA) is 59.8 Å². The molecule has 32 heavy (non-hydrogen) atoms. The summed E-state index contributed by atoms with van der Waals surface area (Å²) < 4.78 is 11.8. The number of anilines is 1. The van der Waals surface area contributed by atoms with E-state index >= 15 is 0 Å². The molecule has 0 aliphatic carbocycles. The molecule has 4 aromatic rings. The van der Waals surface area contributed by atoms with Gasteiger partial charge >= 0.3 is 0 Å². The molecule has 0 saturated heterocycles. The Morgan fingerprint density at radius 3 is 2.44 bits per heavy atom. The molecule has 5 heteroatoms. The van der Waals surface area contributed by atoms with Gasteiger partial charge in [-0.2, -0.15) is 0 Å². The van der Waals surface area contributed by atoms with Crippen LogP contribution >= 0.6 is 0 Å². The van der Waals surface area contributed by atoms with Gasteiger partial charge in [-0.25, -0.2) is 0 Å². The maximum atomic E-state index is 13.7. The average molecular weight is 425 g/mol. The fraction of sp³-hybridized carbons (Fsp3) is 0.185. The Kier molecular flexibility index (Phi) is 4.82. The third-order valence-electron chi connectivity index (χ3n) is 6.01. The number of hydrogen-bond donors (Lipinski definition) is 0. The van der Waals surface area contributed by atoms with Gasteiger partial charge in [0, 0.05) is 5.69 Å². The van der Waals surface area contributed by atoms with Gasteiger partial charge in [0.25, 0.3) is 5.91 Å². The number of para-hydroxylation sites is 1. The van der Waals surface area contributed by atoms with Gasteiger partial charge in [-0.05, 0) is 73.9 Å². The van der Waals surface area contributed by atoms with Crippen LogP contribution in [0.25, 0.3) is 11.0 Å². The van der Waals surface area contributed by atoms with Crippen molar-refractivity contribution in [3.05, 3.63) is 105 Å². The minimum absolute atomic E-state index is 0.0985. The number of carbonyl (C=O) groups excluding carboxylic acids is 1. The number of ether oxygens (including phenoxy) is 1. The molecule has 0 saturated carbocycles. The summed E-state index contributed by atoms with van der Waals surface area (Å²) in [7, 11) is 0. The van der Waals surface area contributed by atoms with Crippen molar-refractivity contribution >= 4 is 22.6 Å². The van der Waals surface area contributed by atoms with Crippen LogP contribution in [0.3, 0.4) is 0 Å². The van der Waals surface area contributed by atoms with Crippen molar-refractivity contribution in [1.82, 2.24) is 0 Å². The predicted molar refractivity (Wildman–Crippen MR) is 125 cm³/mol. The Morgan fingerprint density at radius 2 is 1.69 bits per heavy atom. The Labute approximate surface area is 185 Å². The van der Waals surface area contributed by atoms with Crippen LogP contribution in [-0.2, 0) is 0 Å². The number of nitrogens with zero attached hydrogens (tertiary/aromatic N) is 1. The molecule has 1 atom stereocenters. The molecule has 5 nitrogen and oxygen atoms in total. The van der Waals surface area contributed by atoms with Crippen molar-refractivity contribution in [1.29, 1.82) is 0 Å². The van der Waals surface area contributed by atoms with E-state index in [1.165, 1.54) is 0 Å². The molecule has 1 aromatic heterocycles. The molecule has 0 radical (unpaired) electrons. The lowest BCUT2D eigenvalue weighted by molar-refractivity contribution is 0.0971. The Hall–Kier alpha value is -3.86. The summed E-state index contributed by atoms with van der Waals surface area (Å²) >= 11 is 0. The van der Waals surface area contributed by atoms with Crippen molar-refractivity contribution in [3.8, 4) is 5.75 Å². The van der Waals surface area contributed by atoms with E-state index in [1.807, 2.05) is 87.5 Å². The summed E-state index contributed by atoms with van der Waals surface area (Å²) in [5.74, 6) is 0.465. The average Bonchev–Trinajstić information content (AvgIpc) is 3.09. The zero-order valence-corrected chi connectivity index (χ0v) is 18.2. The van der Waals surface area contributed by atoms with E-state index in [2.05, 4.69) is 0 Å². The van der Waals surface area contributed by atoms with Crippen LogP contribution in [0.15, 0.2) is 75.9 Å². The molecule has 0 spiro atoms. The van der Waals surface area contributed by atoms with Crippen LogP contribution in [0.1, 0.15) is 45.8 Å². The van der Waals surface area contributed by atoms with Crippen molar-refractivity contribution in [2.24, 2.45) is 0 Å². The zero-order valence-electron chi connectivity index (χ0n) is 18.2. The standard InChI is InChI=1S/C27H23NO4/c1-4-31-20-12-8-9-18(15-20)24-23-25(29)21-13-16(2)17(3)14-22(21)32-26(23)27(30)28(24)19-10-6-5-7-11-19/h5-15,24H,4H2,1-3H3. The molecule has 1 unspecified atom stereocenters. The molecular formula is C27H23NO4. The van der Waals surface area contributed by atoms with Crippen molar-refractivity contribution in [2.75, 3.05) is 11.5 Å². The van der Waals surface area contributed by atoms with Crippen LogP contribution in [0, 0.1) is 13.8 Å². The number of rotatable bonds is 4. The first-order valence-electron chi connectivity index (χ1n) is 10.7. The fourth-order valence-corrected chi connectivity index (χ4v) is 4.34. The van der Waals surface area contributed by atoms with Crippen LogP contribution in [0.4, 0.5) is 5.69 Å². The Morgan fingerprint density at radius 1 is 0.938 bits per heavy atom. The third-order valence-corrected chi connectivity index (χ3v) is 6.01. The van der Waals surface area contributed by atoms with E-state index in [-0.39, 0.29) is 17.1 Å². The summed E-state index contributed by atoms with van der Waals surface area (Å²) in [4.78, 5) is 29.0. The van der Waals surface area contributed by atoms with Gasteiger partial charge in [0.1, 0.15) is 11.3 Å². The van der Waals surface area contributed by atoms with Gasteiger partial charge in [-0.1, -0.05) is 30.3 Å². The van der Waals surface area contributed by atoms with Gasteiger partial charge in [-0.15, -0.1) is 0 Å². The van der Waals surface area contributed by atoms with Crippen molar-refractivity contribution < 1.29 is 13.9 Å². The Balaban J connectivity index is 1.81. The third kappa shape index (κ3) is 3.09. The summed E-state index contributed by atoms with van der Waals surface area (Å²) in [6.45, 7) is 6.37. The fourth-order valence-electron chi connectivity index (χ4n) is 4.34. The normalized spacial score (nSPS) is 15.3. The van der Waals surface area contributed by atoms with Crippen molar-refractivity contribution in [2.45, 2.75) is 26.8 Å². The minimum Gasteiger partial charge on any atom is -0.494 e. The second kappa shape index (κ2) is 7.68. The molecule has 0 fully saturated rings. The molecule has 2 heterocycles. The van der Waals surface area contributed by atoms with Crippen LogP contribution < -0.4 is 15.1 Å². The van der Waals surface area contributed by atoms with Gasteiger partial charge < -0.3 is 9.15 Å². The summed E-state index contributed by atoms with van der Waals surface area (Å²) in [5.41, 5.74) is 4.12. The molecule has 160 valence electrons. The van der Waals surface area contributed by atoms with E-state index in [0.717, 1.165) is 16.7 Å². The van der Waals surface area contributed by atoms with Crippen molar-refractivity contribution in [3.63, 3.8) is 0 Å². The lowest BCUT2D eigenvalue weighted by Crippen LogP contribution is -2.29. The van der Waals surface area contributed by atoms with Gasteiger partial charge in [0.2, 0.25) is 5.76 Å². The molecule has 0 N–H and O–H groups in total. The highest BCUT2D eigenvalue weighted by atomic mass is 16.5. The highest BCUT2D eigenvalue weighted by molar-refractivity contribution is 6.10. The molecule has 1 aliphatic heterocycles. The summed E-state index contributed by atoms with van der Waals surface area (Å²) in [6, 6.07) is 20.0. The first kappa shape index (κ1) is 20.1. The monoisotopic (exact) mass is 425 g/mol. The number of amides is 1. The number of aryl methyl sites for hydroxylation is 2. The second-order valence-electron chi connectivity index (χ2n) is 8.03. The van der Waals surface area contributed by atoms with Crippen LogP contribution in [0.5, 0.6) is 5.75 Å². The molecular weight excluding hydrogens is 402 g/mol. The number of benzene rings is 3. The van der Waals surface area contributed by atoms with E-state index in [0.29, 0.717) is 34.6 Å². The maximum Gasteiger partial charge on any atom is 0.295 e. The minimum atomic E-state index is -0.609. The zero-order chi connectivity index (χ0) is 22.4. The SMILES string of the molecule is CCOc1cccc(C2c3c(oc4cc(C)c(C)cc4c3=O)C(=O)N2c2ccccc2)c1. The summed E-state index contributed by atoms with van der Waals surface area (Å²) in [6.07, 6.45) is 0. The molecule has 3 aromatic carbocycles. The lowest BCUT2D eigenvalue weighted by Gasteiger charge is -2.25. The smallest absolute Gasteiger partial charge is 0.295 e. The van der Waals surface area contributed by atoms with E-state index in [9.17, 15) is 9.59 Å². The largest absolute Gasteiger partial charge is 0.494 e. The second-order valence-corrected chi connectivity index (χ2v) is 8.03. The lowest BCUT2D eigenvalue weighted by atomic mass is 9.97. The molecule has 5 rings (SSSR count). The van der Waals surface area contributed by atoms with Gasteiger partial charge in [-0.3, -0.25) is 14.5 Å². The predicted octanol–water partition coefficient (Wildman–Crippen LogP) is 5.56. The number of fused-ring (bicyclic) bond motifs is 2. The van der Waals surface area contributed by atoms with Crippen LogP contribution in [-0.4, -0.2) is 12.5 Å². The highest BCUT2D eigenvalue weighted by Gasteiger charge is 2.43. The first-order valence-corrected chi connectivity index (χ1v) is 10.7. The molecule has 0 bridgehead atoms. The van der Waals surface area contributed by atoms with E-state index in [1.54, 1.807) is 4.90 Å². The number of carbonyl (C=O) groups is 1. The van der Waals surface area contributed by atoms with Crippen LogP contribution in [0.2, 0.25) is 0 Å². The maximum absolute atomic E-state index is 13.7. The van der Waals surface area contributed by atoms with Gasteiger partial charge in [0.05, 0.1) is 23.6 Å². The van der Waals surface area contributed by atoms with E-state index < -0.39 is 6.04 Å². The number of hydrogen-bond acceptors (Lipinski definition) is 4. The Bertz CT molecular complexity index is 1400. The summed E-state index contributed by atoms with van der Waals surface area (Å²) in [5, 5.41) is 0.487. The quantitative estimate of drug-likeness (QED) is 0.430. The van der Waals surface area contributed by atoms with Gasteiger partial charge in [0.15, 0.2) is 5.43 Å². The van der Waals surface area contributed by atoms with E-state index in [4.69, 9.17) is 9.15 Å². The highest BCUT2D eigenvalue weighted by Crippen LogP contribution is 2.42.